The summed E-state index contributed by atoms with van der Waals surface area (Å²) in [5.41, 5.74) is 3.54. The Morgan fingerprint density at radius 2 is 2.04 bits per heavy atom. The highest BCUT2D eigenvalue weighted by atomic mass is 127. The number of likely N-dealkylation sites (tertiary alicyclic amines) is 1. The summed E-state index contributed by atoms with van der Waals surface area (Å²) < 4.78 is 1.94. The van der Waals surface area contributed by atoms with Gasteiger partial charge in [0.2, 0.25) is 0 Å². The molecule has 1 unspecified atom stereocenters. The molecule has 1 aliphatic rings. The molecular weight excluding hydrogens is 427 g/mol. The van der Waals surface area contributed by atoms with Crippen LogP contribution in [-0.2, 0) is 13.6 Å². The third-order valence-corrected chi connectivity index (χ3v) is 5.15. The first-order valence-electron chi connectivity index (χ1n) is 9.10. The van der Waals surface area contributed by atoms with Crippen molar-refractivity contribution >= 4 is 29.9 Å². The molecule has 1 fully saturated rings. The van der Waals surface area contributed by atoms with Crippen molar-refractivity contribution in [1.82, 2.24) is 25.3 Å². The molecule has 2 heterocycles. The molecule has 6 nitrogen and oxygen atoms in total. The van der Waals surface area contributed by atoms with Crippen molar-refractivity contribution in [3.63, 3.8) is 0 Å². The van der Waals surface area contributed by atoms with E-state index < -0.39 is 0 Å². The second-order valence-electron chi connectivity index (χ2n) is 7.18. The largest absolute Gasteiger partial charge is 0.356 e. The molecule has 1 atom stereocenters. The van der Waals surface area contributed by atoms with Gasteiger partial charge in [-0.15, -0.1) is 24.0 Å². The number of rotatable bonds is 5. The number of aliphatic imine (C=N–C) groups is 1. The molecular formula is C18H35IN6. The van der Waals surface area contributed by atoms with E-state index in [-0.39, 0.29) is 24.0 Å². The fourth-order valence-electron chi connectivity index (χ4n) is 3.44. The van der Waals surface area contributed by atoms with Crippen LogP contribution < -0.4 is 10.6 Å². The molecule has 1 aromatic rings. The summed E-state index contributed by atoms with van der Waals surface area (Å²) in [6.45, 7) is 12.9. The monoisotopic (exact) mass is 462 g/mol. The zero-order valence-corrected chi connectivity index (χ0v) is 18.9. The molecule has 2 rings (SSSR count). The van der Waals surface area contributed by atoms with Gasteiger partial charge in [0.15, 0.2) is 5.96 Å². The Morgan fingerprint density at radius 3 is 2.60 bits per heavy atom. The number of nitrogens with one attached hydrogen (secondary N) is 2. The van der Waals surface area contributed by atoms with Crippen LogP contribution in [0.15, 0.2) is 4.99 Å². The molecule has 25 heavy (non-hydrogen) atoms. The molecule has 0 bridgehead atoms. The molecule has 0 aliphatic carbocycles. The summed E-state index contributed by atoms with van der Waals surface area (Å²) in [4.78, 5) is 6.94. The zero-order valence-electron chi connectivity index (χ0n) is 16.6. The number of piperidine rings is 1. The number of halogens is 1. The summed E-state index contributed by atoms with van der Waals surface area (Å²) in [7, 11) is 3.82. The zero-order chi connectivity index (χ0) is 17.7. The van der Waals surface area contributed by atoms with E-state index in [2.05, 4.69) is 53.3 Å². The lowest BCUT2D eigenvalue weighted by Gasteiger charge is -2.35. The van der Waals surface area contributed by atoms with Crippen molar-refractivity contribution < 1.29 is 0 Å². The van der Waals surface area contributed by atoms with Crippen LogP contribution in [0.25, 0.3) is 0 Å². The Labute approximate surface area is 169 Å². The van der Waals surface area contributed by atoms with Gasteiger partial charge in [-0.05, 0) is 53.0 Å². The summed E-state index contributed by atoms with van der Waals surface area (Å²) in [5, 5.41) is 11.4. The predicted molar refractivity (Wildman–Crippen MR) is 116 cm³/mol. The predicted octanol–water partition coefficient (Wildman–Crippen LogP) is 2.44. The van der Waals surface area contributed by atoms with Crippen molar-refractivity contribution in [3.05, 3.63) is 17.0 Å². The summed E-state index contributed by atoms with van der Waals surface area (Å²) in [6, 6.07) is 0.641. The van der Waals surface area contributed by atoms with E-state index in [1.165, 1.54) is 37.2 Å². The number of aryl methyl sites for hydroxylation is 2. The van der Waals surface area contributed by atoms with Gasteiger partial charge in [0, 0.05) is 51.0 Å². The van der Waals surface area contributed by atoms with E-state index in [1.807, 2.05) is 18.8 Å². The standard InChI is InChI=1S/C18H34N6.HI/c1-13(2)24-9-7-8-16(12-24)10-20-18(19-5)21-11-17-14(3)22-23(6)15(17)4;/h13,16H,7-12H2,1-6H3,(H2,19,20,21);1H. The number of guanidine groups is 1. The second-order valence-corrected chi connectivity index (χ2v) is 7.18. The summed E-state index contributed by atoms with van der Waals surface area (Å²) in [6.07, 6.45) is 2.60. The van der Waals surface area contributed by atoms with Crippen LogP contribution in [0.5, 0.6) is 0 Å². The minimum atomic E-state index is 0. The molecule has 0 spiro atoms. The SMILES string of the molecule is CN=C(NCc1c(C)nn(C)c1C)NCC1CCCN(C(C)C)C1.I. The van der Waals surface area contributed by atoms with Crippen LogP contribution in [0.3, 0.4) is 0 Å². The average molecular weight is 462 g/mol. The first kappa shape index (κ1) is 22.2. The Bertz CT molecular complexity index is 566. The minimum absolute atomic E-state index is 0. The molecule has 7 heteroatoms. The quantitative estimate of drug-likeness (QED) is 0.401. The van der Waals surface area contributed by atoms with Gasteiger partial charge in [-0.25, -0.2) is 0 Å². The Hall–Kier alpha value is -0.830. The Kier molecular flexibility index (Phi) is 9.20. The molecule has 0 aromatic carbocycles. The third kappa shape index (κ3) is 6.13. The van der Waals surface area contributed by atoms with Crippen LogP contribution in [0, 0.1) is 19.8 Å². The smallest absolute Gasteiger partial charge is 0.191 e. The lowest BCUT2D eigenvalue weighted by atomic mass is 9.97. The molecule has 0 radical (unpaired) electrons. The van der Waals surface area contributed by atoms with Crippen molar-refractivity contribution in [1.29, 1.82) is 0 Å². The summed E-state index contributed by atoms with van der Waals surface area (Å²) >= 11 is 0. The number of hydrogen-bond donors (Lipinski definition) is 2. The summed E-state index contributed by atoms with van der Waals surface area (Å²) in [5.74, 6) is 1.57. The van der Waals surface area contributed by atoms with Crippen molar-refractivity contribution in [2.24, 2.45) is 18.0 Å². The van der Waals surface area contributed by atoms with Gasteiger partial charge in [-0.3, -0.25) is 9.67 Å². The first-order chi connectivity index (χ1) is 11.4. The highest BCUT2D eigenvalue weighted by Gasteiger charge is 2.21. The minimum Gasteiger partial charge on any atom is -0.356 e. The highest BCUT2D eigenvalue weighted by Crippen LogP contribution is 2.17. The fraction of sp³-hybridized carbons (Fsp3) is 0.778. The maximum absolute atomic E-state index is 4.47. The lowest BCUT2D eigenvalue weighted by Crippen LogP contribution is -2.46. The van der Waals surface area contributed by atoms with E-state index in [0.29, 0.717) is 12.0 Å². The van der Waals surface area contributed by atoms with E-state index in [1.54, 1.807) is 0 Å². The van der Waals surface area contributed by atoms with Crippen LogP contribution in [0.2, 0.25) is 0 Å². The maximum Gasteiger partial charge on any atom is 0.191 e. The Balaban J connectivity index is 0.00000312. The van der Waals surface area contributed by atoms with Gasteiger partial charge in [-0.2, -0.15) is 5.10 Å². The van der Waals surface area contributed by atoms with Gasteiger partial charge in [0.05, 0.1) is 5.69 Å². The Morgan fingerprint density at radius 1 is 1.32 bits per heavy atom. The number of aromatic nitrogens is 2. The van der Waals surface area contributed by atoms with Crippen molar-refractivity contribution in [2.45, 2.75) is 53.1 Å². The molecule has 0 amide bonds. The molecule has 144 valence electrons. The van der Waals surface area contributed by atoms with Crippen LogP contribution in [-0.4, -0.2) is 53.4 Å². The normalized spacial score (nSPS) is 19.0. The van der Waals surface area contributed by atoms with E-state index in [0.717, 1.165) is 24.7 Å². The highest BCUT2D eigenvalue weighted by molar-refractivity contribution is 14.0. The number of nitrogens with zero attached hydrogens (tertiary/aromatic N) is 4. The first-order valence-corrected chi connectivity index (χ1v) is 9.10. The van der Waals surface area contributed by atoms with E-state index in [9.17, 15) is 0 Å². The molecule has 0 saturated carbocycles. The van der Waals surface area contributed by atoms with Gasteiger partial charge >= 0.3 is 0 Å². The van der Waals surface area contributed by atoms with Crippen LogP contribution in [0.1, 0.15) is 43.6 Å². The molecule has 1 aliphatic heterocycles. The van der Waals surface area contributed by atoms with Gasteiger partial charge in [0.1, 0.15) is 0 Å². The fourth-order valence-corrected chi connectivity index (χ4v) is 3.44. The number of hydrogen-bond acceptors (Lipinski definition) is 3. The molecule has 2 N–H and O–H groups in total. The maximum atomic E-state index is 4.47. The second kappa shape index (κ2) is 10.4. The lowest BCUT2D eigenvalue weighted by molar-refractivity contribution is 0.141. The third-order valence-electron chi connectivity index (χ3n) is 5.15. The van der Waals surface area contributed by atoms with Crippen LogP contribution in [0.4, 0.5) is 0 Å². The average Bonchev–Trinajstić information content (AvgIpc) is 2.81. The molecule has 1 saturated heterocycles. The topological polar surface area (TPSA) is 57.5 Å². The van der Waals surface area contributed by atoms with Gasteiger partial charge < -0.3 is 15.5 Å². The van der Waals surface area contributed by atoms with Gasteiger partial charge in [0.25, 0.3) is 0 Å². The van der Waals surface area contributed by atoms with Gasteiger partial charge in [-0.1, -0.05) is 0 Å². The van der Waals surface area contributed by atoms with E-state index >= 15 is 0 Å². The van der Waals surface area contributed by atoms with Crippen molar-refractivity contribution in [3.8, 4) is 0 Å². The van der Waals surface area contributed by atoms with Crippen LogP contribution >= 0.6 is 24.0 Å². The van der Waals surface area contributed by atoms with Crippen molar-refractivity contribution in [2.75, 3.05) is 26.7 Å². The molecule has 1 aromatic heterocycles. The van der Waals surface area contributed by atoms with E-state index in [4.69, 9.17) is 0 Å².